The summed E-state index contributed by atoms with van der Waals surface area (Å²) in [5, 5.41) is 9.80. The first-order valence-corrected chi connectivity index (χ1v) is 8.11. The van der Waals surface area contributed by atoms with E-state index in [2.05, 4.69) is 57.7 Å². The first-order chi connectivity index (χ1) is 10.3. The zero-order chi connectivity index (χ0) is 16.5. The van der Waals surface area contributed by atoms with Crippen molar-refractivity contribution in [2.24, 2.45) is 0 Å². The molecule has 1 aliphatic heterocycles. The number of aryl methyl sites for hydroxylation is 1. The molecule has 1 atom stereocenters. The number of aliphatic carboxylic acids is 1. The van der Waals surface area contributed by atoms with Crippen LogP contribution in [0.1, 0.15) is 58.1 Å². The average molecular weight is 301 g/mol. The molecular formula is C19H27NO2. The van der Waals surface area contributed by atoms with Crippen LogP contribution < -0.4 is 4.90 Å². The Bertz CT molecular complexity index is 601. The number of benzene rings is 1. The van der Waals surface area contributed by atoms with Gasteiger partial charge in [-0.2, -0.15) is 0 Å². The number of carbonyl (C=O) groups is 1. The largest absolute Gasteiger partial charge is 0.480 e. The summed E-state index contributed by atoms with van der Waals surface area (Å²) in [7, 11) is 0. The fraction of sp³-hybridized carbons (Fsp3) is 0.526. The van der Waals surface area contributed by atoms with Gasteiger partial charge in [-0.25, -0.2) is 4.79 Å². The second kappa shape index (κ2) is 6.15. The molecule has 120 valence electrons. The van der Waals surface area contributed by atoms with Crippen LogP contribution in [0.15, 0.2) is 24.3 Å². The lowest BCUT2D eigenvalue weighted by Gasteiger charge is -2.47. The van der Waals surface area contributed by atoms with Crippen molar-refractivity contribution in [3.05, 3.63) is 35.4 Å². The summed E-state index contributed by atoms with van der Waals surface area (Å²) in [6.45, 7) is 10.5. The normalized spacial score (nSPS) is 17.7. The van der Waals surface area contributed by atoms with Crippen LogP contribution in [0, 0.1) is 6.92 Å². The number of anilines is 1. The van der Waals surface area contributed by atoms with E-state index in [9.17, 15) is 9.90 Å². The molecule has 1 N–H and O–H groups in total. The lowest BCUT2D eigenvalue weighted by Crippen LogP contribution is -2.54. The molecule has 0 saturated heterocycles. The highest BCUT2D eigenvalue weighted by Gasteiger charge is 2.39. The molecule has 0 aliphatic carbocycles. The molecule has 22 heavy (non-hydrogen) atoms. The summed E-state index contributed by atoms with van der Waals surface area (Å²) in [5.41, 5.74) is 4.29. The van der Waals surface area contributed by atoms with Gasteiger partial charge in [0.1, 0.15) is 6.04 Å². The zero-order valence-corrected chi connectivity index (χ0v) is 14.3. The summed E-state index contributed by atoms with van der Waals surface area (Å²) in [6.07, 6.45) is 4.80. The quantitative estimate of drug-likeness (QED) is 0.861. The van der Waals surface area contributed by atoms with E-state index in [0.29, 0.717) is 6.42 Å². The molecule has 1 aromatic carbocycles. The number of carboxylic acid groups (broad SMARTS) is 1. The lowest BCUT2D eigenvalue weighted by molar-refractivity contribution is -0.139. The van der Waals surface area contributed by atoms with Crippen LogP contribution in [0.2, 0.25) is 0 Å². The standard InChI is InChI=1S/C19H27NO2/c1-6-7-11-16(18(21)22)20-17-13(2)9-8-10-15(17)14(3)12-19(20,4)5/h8-10,12,16H,6-7,11H2,1-5H3,(H,21,22)/t16-/m1/s1. The van der Waals surface area contributed by atoms with Crippen molar-refractivity contribution >= 4 is 17.2 Å². The molecule has 1 aliphatic rings. The van der Waals surface area contributed by atoms with Gasteiger partial charge in [-0.1, -0.05) is 44.0 Å². The number of rotatable bonds is 5. The van der Waals surface area contributed by atoms with Gasteiger partial charge in [0, 0.05) is 11.3 Å². The number of unbranched alkanes of at least 4 members (excludes halogenated alkanes) is 1. The Morgan fingerprint density at radius 1 is 1.32 bits per heavy atom. The van der Waals surface area contributed by atoms with E-state index in [4.69, 9.17) is 0 Å². The molecule has 1 aromatic rings. The van der Waals surface area contributed by atoms with Gasteiger partial charge in [-0.3, -0.25) is 0 Å². The van der Waals surface area contributed by atoms with Crippen molar-refractivity contribution in [1.29, 1.82) is 0 Å². The molecule has 2 rings (SSSR count). The fourth-order valence-electron chi connectivity index (χ4n) is 3.58. The van der Waals surface area contributed by atoms with Gasteiger partial charge in [0.2, 0.25) is 0 Å². The molecule has 0 fully saturated rings. The maximum absolute atomic E-state index is 11.9. The van der Waals surface area contributed by atoms with E-state index in [1.54, 1.807) is 0 Å². The highest BCUT2D eigenvalue weighted by atomic mass is 16.4. The van der Waals surface area contributed by atoms with E-state index in [1.165, 1.54) is 5.57 Å². The van der Waals surface area contributed by atoms with E-state index < -0.39 is 12.0 Å². The highest BCUT2D eigenvalue weighted by Crippen LogP contribution is 2.42. The maximum Gasteiger partial charge on any atom is 0.326 e. The molecule has 0 radical (unpaired) electrons. The minimum absolute atomic E-state index is 0.306. The van der Waals surface area contributed by atoms with E-state index >= 15 is 0 Å². The first-order valence-electron chi connectivity index (χ1n) is 8.11. The van der Waals surface area contributed by atoms with Gasteiger partial charge in [0.15, 0.2) is 0 Å². The second-order valence-electron chi connectivity index (χ2n) is 6.82. The molecular weight excluding hydrogens is 274 g/mol. The van der Waals surface area contributed by atoms with Crippen molar-refractivity contribution in [3.8, 4) is 0 Å². The van der Waals surface area contributed by atoms with Crippen molar-refractivity contribution < 1.29 is 9.90 Å². The van der Waals surface area contributed by atoms with Gasteiger partial charge in [0.25, 0.3) is 0 Å². The van der Waals surface area contributed by atoms with E-state index in [-0.39, 0.29) is 5.54 Å². The summed E-state index contributed by atoms with van der Waals surface area (Å²) in [4.78, 5) is 14.0. The number of hydrogen-bond acceptors (Lipinski definition) is 2. The minimum Gasteiger partial charge on any atom is -0.480 e. The molecule has 0 spiro atoms. The topological polar surface area (TPSA) is 40.5 Å². The maximum atomic E-state index is 11.9. The van der Waals surface area contributed by atoms with Gasteiger partial charge >= 0.3 is 5.97 Å². The predicted molar refractivity (Wildman–Crippen MR) is 92.3 cm³/mol. The molecule has 3 heteroatoms. The van der Waals surface area contributed by atoms with Crippen LogP contribution in [-0.4, -0.2) is 22.7 Å². The minimum atomic E-state index is -0.733. The Balaban J connectivity index is 2.60. The summed E-state index contributed by atoms with van der Waals surface area (Å²) >= 11 is 0. The molecule has 0 bridgehead atoms. The Kier molecular flexibility index (Phi) is 4.64. The first kappa shape index (κ1) is 16.6. The highest BCUT2D eigenvalue weighted by molar-refractivity contribution is 5.88. The average Bonchev–Trinajstić information content (AvgIpc) is 2.42. The number of nitrogens with zero attached hydrogens (tertiary/aromatic N) is 1. The van der Waals surface area contributed by atoms with Crippen molar-refractivity contribution in [2.75, 3.05) is 4.90 Å². The molecule has 1 heterocycles. The van der Waals surface area contributed by atoms with Crippen LogP contribution in [0.4, 0.5) is 5.69 Å². The van der Waals surface area contributed by atoms with Gasteiger partial charge < -0.3 is 10.0 Å². The Morgan fingerprint density at radius 3 is 2.59 bits per heavy atom. The smallest absolute Gasteiger partial charge is 0.326 e. The Morgan fingerprint density at radius 2 is 2.00 bits per heavy atom. The monoisotopic (exact) mass is 301 g/mol. The van der Waals surface area contributed by atoms with Crippen molar-refractivity contribution in [3.63, 3.8) is 0 Å². The number of fused-ring (bicyclic) bond motifs is 1. The second-order valence-corrected chi connectivity index (χ2v) is 6.82. The van der Waals surface area contributed by atoms with Crippen LogP contribution in [-0.2, 0) is 4.79 Å². The lowest BCUT2D eigenvalue weighted by atomic mass is 9.85. The van der Waals surface area contributed by atoms with Crippen LogP contribution >= 0.6 is 0 Å². The van der Waals surface area contributed by atoms with Crippen LogP contribution in [0.25, 0.3) is 5.57 Å². The predicted octanol–water partition coefficient (Wildman–Crippen LogP) is 4.64. The molecule has 3 nitrogen and oxygen atoms in total. The van der Waals surface area contributed by atoms with Crippen LogP contribution in [0.5, 0.6) is 0 Å². The number of para-hydroxylation sites is 1. The summed E-state index contributed by atoms with van der Waals surface area (Å²) in [5.74, 6) is -0.733. The van der Waals surface area contributed by atoms with Crippen LogP contribution in [0.3, 0.4) is 0 Å². The third-order valence-corrected chi connectivity index (χ3v) is 4.52. The molecule has 0 unspecified atom stereocenters. The Labute approximate surface area is 133 Å². The van der Waals surface area contributed by atoms with Gasteiger partial charge in [-0.05, 0) is 45.3 Å². The Hall–Kier alpha value is -1.77. The summed E-state index contributed by atoms with van der Waals surface area (Å²) in [6, 6.07) is 5.72. The number of allylic oxidation sites excluding steroid dienone is 1. The van der Waals surface area contributed by atoms with E-state index in [1.807, 2.05) is 6.07 Å². The molecule has 0 saturated carbocycles. The molecule has 0 aromatic heterocycles. The van der Waals surface area contributed by atoms with Crippen molar-refractivity contribution in [1.82, 2.24) is 0 Å². The van der Waals surface area contributed by atoms with Crippen molar-refractivity contribution in [2.45, 2.75) is 65.5 Å². The van der Waals surface area contributed by atoms with Gasteiger partial charge in [-0.15, -0.1) is 0 Å². The van der Waals surface area contributed by atoms with Gasteiger partial charge in [0.05, 0.1) is 5.54 Å². The van der Waals surface area contributed by atoms with E-state index in [0.717, 1.165) is 29.7 Å². The molecule has 0 amide bonds. The third-order valence-electron chi connectivity index (χ3n) is 4.52. The SMILES string of the molecule is CCCC[C@H](C(=O)O)N1c2c(C)cccc2C(C)=CC1(C)C. The zero-order valence-electron chi connectivity index (χ0n) is 14.3. The number of hydrogen-bond donors (Lipinski definition) is 1. The number of carboxylic acids is 1. The fourth-order valence-corrected chi connectivity index (χ4v) is 3.58. The third kappa shape index (κ3) is 2.90. The summed E-state index contributed by atoms with van der Waals surface area (Å²) < 4.78 is 0.